The summed E-state index contributed by atoms with van der Waals surface area (Å²) in [7, 11) is 0. The van der Waals surface area contributed by atoms with Gasteiger partial charge >= 0.3 is 0 Å². The maximum absolute atomic E-state index is 11.9. The lowest BCUT2D eigenvalue weighted by Crippen LogP contribution is -2.62. The zero-order valence-electron chi connectivity index (χ0n) is 11.6. The number of nitrogens with two attached hydrogens (primary N) is 1. The summed E-state index contributed by atoms with van der Waals surface area (Å²) in [6, 6.07) is 0.241. The van der Waals surface area contributed by atoms with Gasteiger partial charge in [0.05, 0.1) is 12.7 Å². The summed E-state index contributed by atoms with van der Waals surface area (Å²) >= 11 is 0. The smallest absolute Gasteiger partial charge is 0.240 e. The molecule has 1 unspecified atom stereocenters. The molecule has 0 saturated heterocycles. The van der Waals surface area contributed by atoms with Gasteiger partial charge in [0, 0.05) is 6.04 Å². The summed E-state index contributed by atoms with van der Waals surface area (Å²) < 4.78 is 5.97. The van der Waals surface area contributed by atoms with Gasteiger partial charge in [-0.05, 0) is 45.4 Å². The fourth-order valence-electron chi connectivity index (χ4n) is 3.02. The van der Waals surface area contributed by atoms with E-state index >= 15 is 0 Å². The van der Waals surface area contributed by atoms with E-state index in [9.17, 15) is 4.79 Å². The lowest BCUT2D eigenvalue weighted by atomic mass is 9.92. The molecule has 0 bridgehead atoms. The zero-order valence-corrected chi connectivity index (χ0v) is 11.6. The molecule has 0 radical (unpaired) electrons. The van der Waals surface area contributed by atoms with Crippen molar-refractivity contribution in [2.75, 3.05) is 6.61 Å². The second-order valence-corrected chi connectivity index (χ2v) is 6.13. The number of nitrogens with one attached hydrogen (secondary N) is 1. The van der Waals surface area contributed by atoms with E-state index in [1.807, 2.05) is 0 Å². The van der Waals surface area contributed by atoms with Crippen molar-refractivity contribution in [1.82, 2.24) is 5.32 Å². The van der Waals surface area contributed by atoms with E-state index in [-0.39, 0.29) is 11.9 Å². The van der Waals surface area contributed by atoms with Gasteiger partial charge in [-0.15, -0.1) is 0 Å². The summed E-state index contributed by atoms with van der Waals surface area (Å²) in [5.74, 6) is 0.107. The summed E-state index contributed by atoms with van der Waals surface area (Å²) in [6.45, 7) is 4.54. The van der Waals surface area contributed by atoms with Gasteiger partial charge in [-0.1, -0.05) is 12.8 Å². The number of primary amides is 1. The van der Waals surface area contributed by atoms with Crippen LogP contribution in [0.1, 0.15) is 52.4 Å². The van der Waals surface area contributed by atoms with Crippen molar-refractivity contribution >= 4 is 5.91 Å². The summed E-state index contributed by atoms with van der Waals surface area (Å²) in [5.41, 5.74) is 5.02. The second-order valence-electron chi connectivity index (χ2n) is 6.13. The van der Waals surface area contributed by atoms with Crippen molar-refractivity contribution in [2.24, 2.45) is 11.7 Å². The Morgan fingerprint density at radius 3 is 2.39 bits per heavy atom. The second kappa shape index (κ2) is 5.57. The fraction of sp³-hybridized carbons (Fsp3) is 0.929. The van der Waals surface area contributed by atoms with Gasteiger partial charge < -0.3 is 10.5 Å². The summed E-state index contributed by atoms with van der Waals surface area (Å²) in [5, 5.41) is 3.38. The third-order valence-electron chi connectivity index (χ3n) is 4.11. The van der Waals surface area contributed by atoms with Gasteiger partial charge in [0.25, 0.3) is 0 Å². The van der Waals surface area contributed by atoms with E-state index in [1.54, 1.807) is 0 Å². The van der Waals surface area contributed by atoms with Crippen molar-refractivity contribution in [2.45, 2.75) is 70.1 Å². The summed E-state index contributed by atoms with van der Waals surface area (Å²) in [4.78, 5) is 11.9. The van der Waals surface area contributed by atoms with Crippen LogP contribution >= 0.6 is 0 Å². The van der Waals surface area contributed by atoms with Crippen molar-refractivity contribution in [3.05, 3.63) is 0 Å². The highest BCUT2D eigenvalue weighted by molar-refractivity contribution is 5.85. The van der Waals surface area contributed by atoms with Crippen LogP contribution in [0.3, 0.4) is 0 Å². The van der Waals surface area contributed by atoms with E-state index in [0.717, 1.165) is 25.7 Å². The molecule has 4 nitrogen and oxygen atoms in total. The molecule has 3 N–H and O–H groups in total. The number of hydrogen-bond acceptors (Lipinski definition) is 3. The summed E-state index contributed by atoms with van der Waals surface area (Å²) in [6.07, 6.45) is 7.23. The normalized spacial score (nSPS) is 24.4. The topological polar surface area (TPSA) is 64.3 Å². The Morgan fingerprint density at radius 1 is 1.33 bits per heavy atom. The molecule has 18 heavy (non-hydrogen) atoms. The quantitative estimate of drug-likeness (QED) is 0.725. The monoisotopic (exact) mass is 254 g/mol. The molecular formula is C14H26N2O2. The maximum atomic E-state index is 11.9. The average Bonchev–Trinajstić information content (AvgIpc) is 3.01. The zero-order chi connectivity index (χ0) is 13.2. The van der Waals surface area contributed by atoms with Gasteiger partial charge in [-0.3, -0.25) is 10.1 Å². The lowest BCUT2D eigenvalue weighted by molar-refractivity contribution is -0.130. The molecule has 1 amide bonds. The number of hydrogen-bond donors (Lipinski definition) is 2. The molecule has 2 aliphatic carbocycles. The standard InChI is InChI=1S/C14H26N2O2/c1-10(2)16-14(13(15)17,11-7-8-11)9-18-12-5-3-4-6-12/h10-12,16H,3-9H2,1-2H3,(H2,15,17). The van der Waals surface area contributed by atoms with E-state index in [0.29, 0.717) is 18.6 Å². The third-order valence-corrected chi connectivity index (χ3v) is 4.11. The molecule has 4 heteroatoms. The number of carbonyl (C=O) groups excluding carboxylic acids is 1. The van der Waals surface area contributed by atoms with Crippen LogP contribution in [0.25, 0.3) is 0 Å². The Hall–Kier alpha value is -0.610. The Morgan fingerprint density at radius 2 is 1.94 bits per heavy atom. The molecule has 1 atom stereocenters. The minimum atomic E-state index is -0.642. The van der Waals surface area contributed by atoms with Gasteiger partial charge in [0.1, 0.15) is 5.54 Å². The number of rotatable bonds is 7. The van der Waals surface area contributed by atoms with Crippen LogP contribution < -0.4 is 11.1 Å². The molecule has 2 rings (SSSR count). The molecule has 0 aliphatic heterocycles. The van der Waals surface area contributed by atoms with Crippen molar-refractivity contribution in [3.63, 3.8) is 0 Å². The van der Waals surface area contributed by atoms with E-state index in [1.165, 1.54) is 12.8 Å². The van der Waals surface area contributed by atoms with Crippen molar-refractivity contribution in [1.29, 1.82) is 0 Å². The van der Waals surface area contributed by atoms with Crippen LogP contribution in [0.5, 0.6) is 0 Å². The lowest BCUT2D eigenvalue weighted by Gasteiger charge is -2.34. The maximum Gasteiger partial charge on any atom is 0.240 e. The fourth-order valence-corrected chi connectivity index (χ4v) is 3.02. The van der Waals surface area contributed by atoms with Crippen molar-refractivity contribution < 1.29 is 9.53 Å². The van der Waals surface area contributed by atoms with Gasteiger partial charge in [0.15, 0.2) is 0 Å². The first-order chi connectivity index (χ1) is 8.54. The first kappa shape index (κ1) is 13.8. The first-order valence-electron chi connectivity index (χ1n) is 7.24. The van der Waals surface area contributed by atoms with Crippen LogP contribution in [0, 0.1) is 5.92 Å². The molecular weight excluding hydrogens is 228 g/mol. The molecule has 2 aliphatic rings. The predicted molar refractivity (Wildman–Crippen MR) is 71.1 cm³/mol. The Kier molecular flexibility index (Phi) is 4.28. The van der Waals surface area contributed by atoms with E-state index in [2.05, 4.69) is 19.2 Å². The predicted octanol–water partition coefficient (Wildman–Crippen LogP) is 1.58. The average molecular weight is 254 g/mol. The highest BCUT2D eigenvalue weighted by Gasteiger charge is 2.50. The van der Waals surface area contributed by atoms with Crippen LogP contribution in [-0.4, -0.2) is 30.2 Å². The molecule has 0 aromatic heterocycles. The molecule has 2 fully saturated rings. The third kappa shape index (κ3) is 3.04. The van der Waals surface area contributed by atoms with Gasteiger partial charge in [0.2, 0.25) is 5.91 Å². The Labute approximate surface area is 110 Å². The highest BCUT2D eigenvalue weighted by Crippen LogP contribution is 2.40. The SMILES string of the molecule is CC(C)NC(COC1CCCC1)(C(N)=O)C1CC1. The van der Waals surface area contributed by atoms with Crippen molar-refractivity contribution in [3.8, 4) is 0 Å². The number of amides is 1. The van der Waals surface area contributed by atoms with Crippen LogP contribution in [0.15, 0.2) is 0 Å². The van der Waals surface area contributed by atoms with Crippen LogP contribution in [0.4, 0.5) is 0 Å². The minimum absolute atomic E-state index is 0.241. The molecule has 104 valence electrons. The number of carbonyl (C=O) groups is 1. The van der Waals surface area contributed by atoms with E-state index < -0.39 is 5.54 Å². The van der Waals surface area contributed by atoms with Gasteiger partial charge in [-0.2, -0.15) is 0 Å². The van der Waals surface area contributed by atoms with Crippen LogP contribution in [0.2, 0.25) is 0 Å². The first-order valence-corrected chi connectivity index (χ1v) is 7.24. The van der Waals surface area contributed by atoms with Crippen LogP contribution in [-0.2, 0) is 9.53 Å². The molecule has 0 aromatic rings. The number of ether oxygens (including phenoxy) is 1. The molecule has 2 saturated carbocycles. The molecule has 0 aromatic carbocycles. The van der Waals surface area contributed by atoms with E-state index in [4.69, 9.17) is 10.5 Å². The Bertz CT molecular complexity index is 296. The molecule has 0 spiro atoms. The minimum Gasteiger partial charge on any atom is -0.376 e. The van der Waals surface area contributed by atoms with Gasteiger partial charge in [-0.25, -0.2) is 0 Å². The Balaban J connectivity index is 1.99. The largest absolute Gasteiger partial charge is 0.376 e. The molecule has 0 heterocycles. The highest BCUT2D eigenvalue weighted by atomic mass is 16.5.